The first kappa shape index (κ1) is 55.6. The first-order valence-corrected chi connectivity index (χ1v) is 45.5. The summed E-state index contributed by atoms with van der Waals surface area (Å²) in [7, 11) is 0. The fourth-order valence-electron chi connectivity index (χ4n) is 19.6. The van der Waals surface area contributed by atoms with Gasteiger partial charge in [0.05, 0.1) is 32.9 Å². The van der Waals surface area contributed by atoms with Gasteiger partial charge in [0.1, 0.15) is 0 Å². The molecule has 0 amide bonds. The van der Waals surface area contributed by atoms with E-state index in [2.05, 4.69) is 97.1 Å². The summed E-state index contributed by atoms with van der Waals surface area (Å²) in [5.41, 5.74) is 9.61. The van der Waals surface area contributed by atoms with Gasteiger partial charge in [-0.2, -0.15) is 0 Å². The Morgan fingerprint density at radius 2 is 0.359 bits per heavy atom. The van der Waals surface area contributed by atoms with E-state index in [-0.39, 0.29) is 137 Å². The van der Waals surface area contributed by atoms with E-state index in [1.165, 1.54) is 0 Å². The van der Waals surface area contributed by atoms with Crippen molar-refractivity contribution in [2.45, 2.75) is 0 Å². The molecule has 0 saturated heterocycles. The van der Waals surface area contributed by atoms with Crippen LogP contribution < -0.4 is 0 Å². The summed E-state index contributed by atoms with van der Waals surface area (Å²) in [5.74, 6) is 0. The molecule has 0 aliphatic carbocycles. The van der Waals surface area contributed by atoms with Crippen LogP contribution >= 0.6 is 34.0 Å². The summed E-state index contributed by atoms with van der Waals surface area (Å²) in [6.07, 6.45) is 0. The molecule has 3 heterocycles. The summed E-state index contributed by atoms with van der Waals surface area (Å²) in [6.45, 7) is 0. The molecule has 608 valence electrons. The first-order valence-electron chi connectivity index (χ1n) is 55.1. The summed E-state index contributed by atoms with van der Waals surface area (Å²) < 4.78 is 223. The maximum Gasteiger partial charge on any atom is 0.0629 e. The second-order valence-corrected chi connectivity index (χ2v) is 36.1. The molecule has 0 fully saturated rings. The van der Waals surface area contributed by atoms with Crippen molar-refractivity contribution in [2.75, 3.05) is 0 Å². The molecule has 131 heavy (non-hydrogen) atoms. The average Bonchev–Trinajstić information content (AvgIpc) is 0.785. The van der Waals surface area contributed by atoms with Gasteiger partial charge in [-0.05, 0) is 280 Å². The van der Waals surface area contributed by atoms with Gasteiger partial charge in [-0.3, -0.25) is 0 Å². The molecule has 0 radical (unpaired) electrons. The SMILES string of the molecule is [2H]c1c([2H])c([2H])c2c(-c3ccc4sc5cc6ccccc6cc5c4c3)c3c([2H])c([2H])c([2H])c([2H])c3c(-c3ccc(-c4cccc5ccccc45)cc3)c2c1[2H].[2H]c1c([2H])c([2H])c2c(-c3ccc4sc5cc6ccccc6cc5c4c3)c3c([2H])c([2H])c([2H])c([2H])c3c(-c3ccc(-c4ccccc4)cc3)c2c1[2H].[2H]c1c([2H])c([2H])c2c(-c3cccc4ccccc34)c3c([2H])c([2H])c([2H])c([2H])c3c(-c3ccc4sc5cc6ccccc6cc5c4c3)c2c1[2H]. The number of hydrogen-bond donors (Lipinski definition) is 0. The van der Waals surface area contributed by atoms with Crippen molar-refractivity contribution < 1.29 is 32.9 Å². The van der Waals surface area contributed by atoms with Crippen molar-refractivity contribution in [3.63, 3.8) is 0 Å². The fourth-order valence-corrected chi connectivity index (χ4v) is 23.0. The highest BCUT2D eigenvalue weighted by Gasteiger charge is 2.24. The van der Waals surface area contributed by atoms with Gasteiger partial charge in [0, 0.05) is 60.5 Å². The van der Waals surface area contributed by atoms with Crippen LogP contribution in [0.4, 0.5) is 0 Å². The minimum absolute atomic E-state index is 0.206. The average molecular weight is 1740 g/mol. The third-order valence-corrected chi connectivity index (χ3v) is 29.0. The Hall–Kier alpha value is -16.0. The number of thiophene rings is 3. The molecule has 0 N–H and O–H groups in total. The van der Waals surface area contributed by atoms with Gasteiger partial charge >= 0.3 is 0 Å². The number of hydrogen-bond acceptors (Lipinski definition) is 3. The minimum Gasteiger partial charge on any atom is -0.135 e. The lowest BCUT2D eigenvalue weighted by atomic mass is 9.84. The molecule has 0 saturated carbocycles. The molecular formula is C128H78S3. The van der Waals surface area contributed by atoms with Gasteiger partial charge in [0.25, 0.3) is 0 Å². The van der Waals surface area contributed by atoms with E-state index in [9.17, 15) is 16.4 Å². The maximum atomic E-state index is 9.37. The monoisotopic (exact) mass is 1730 g/mol. The zero-order valence-corrected chi connectivity index (χ0v) is 71.9. The van der Waals surface area contributed by atoms with Crippen LogP contribution in [0.2, 0.25) is 0 Å². The molecule has 25 aromatic carbocycles. The zero-order valence-electron chi connectivity index (χ0n) is 93.4. The second kappa shape index (κ2) is 31.5. The van der Waals surface area contributed by atoms with E-state index in [0.29, 0.717) is 66.8 Å². The Balaban J connectivity index is 0.000000116. The molecule has 28 rings (SSSR count). The van der Waals surface area contributed by atoms with Crippen LogP contribution in [-0.4, -0.2) is 0 Å². The molecule has 0 spiro atoms. The molecule has 3 aromatic heterocycles. The van der Waals surface area contributed by atoms with Crippen molar-refractivity contribution in [1.29, 1.82) is 0 Å². The first-order chi connectivity index (χ1) is 74.9. The molecule has 0 atom stereocenters. The van der Waals surface area contributed by atoms with E-state index >= 15 is 0 Å². The zero-order chi connectivity index (χ0) is 107. The molecule has 0 bridgehead atoms. The molecular weight excluding hydrogens is 1630 g/mol. The number of benzene rings is 25. The van der Waals surface area contributed by atoms with Crippen LogP contribution in [0.15, 0.2) is 473 Å². The van der Waals surface area contributed by atoms with E-state index < -0.39 is 72.5 Å². The Morgan fingerprint density at radius 3 is 0.695 bits per heavy atom. The summed E-state index contributed by atoms with van der Waals surface area (Å²) in [6, 6.07) is 99.7. The lowest BCUT2D eigenvalue weighted by Crippen LogP contribution is -1.91. The summed E-state index contributed by atoms with van der Waals surface area (Å²) in [4.78, 5) is 0. The molecule has 0 unspecified atom stereocenters. The molecule has 0 nitrogen and oxygen atoms in total. The van der Waals surface area contributed by atoms with Crippen molar-refractivity contribution in [3.8, 4) is 89.0 Å². The highest BCUT2D eigenvalue weighted by molar-refractivity contribution is 7.26. The number of rotatable bonds is 8. The van der Waals surface area contributed by atoms with E-state index in [0.717, 1.165) is 137 Å². The largest absolute Gasteiger partial charge is 0.135 e. The maximum absolute atomic E-state index is 9.37. The van der Waals surface area contributed by atoms with E-state index in [1.807, 2.05) is 231 Å². The molecule has 0 aliphatic heterocycles. The standard InChI is InChI=1S/C46H28S.C42H26S.C40H24S/c1-2-12-33-28-44-42(26-32(33)11-1)41-27-34(24-25-43(41)47-44)46-39-17-7-5-15-37(39)45(38-16-6-8-18-40(38)46)31-22-20-30(21-23-31)36-19-9-13-29-10-3-4-14-35(29)36;1-2-10-27(11-3-1)28-18-20-29(21-19-28)41-33-14-6-8-16-35(33)42(36-17-9-7-15-34(36)41)32-22-23-39-37(25-32)38-24-30-12-4-5-13-31(30)26-40(38)43-39;1-2-12-27-24-38-36(22-26(27)11-1)35-23-28(20-21-37(35)41-38)39-31-15-5-7-17-33(31)40(34-18-8-6-16-32(34)39)30-19-9-13-25-10-3-4-14-29(25)30/h1-28H;1-26H;1-24H/i5D,6D,7D,8D,15D,16D,17D,18D;6D,7D,8D,9D,14D,15D,16D,17D;5D,6D,7D,8D,15D,16D,17D,18D. The lowest BCUT2D eigenvalue weighted by Gasteiger charge is -2.19. The van der Waals surface area contributed by atoms with Crippen LogP contribution in [0.5, 0.6) is 0 Å². The van der Waals surface area contributed by atoms with Gasteiger partial charge in [-0.25, -0.2) is 0 Å². The van der Waals surface area contributed by atoms with Gasteiger partial charge in [0.15, 0.2) is 0 Å². The third-order valence-electron chi connectivity index (χ3n) is 25.6. The Bertz CT molecular complexity index is 10900. The molecule has 28 aromatic rings. The lowest BCUT2D eigenvalue weighted by molar-refractivity contribution is 1.61. The topological polar surface area (TPSA) is 0 Å². The van der Waals surface area contributed by atoms with Crippen LogP contribution in [-0.2, 0) is 0 Å². The summed E-state index contributed by atoms with van der Waals surface area (Å²) in [5, 5.41) is 19.1. The normalized spacial score (nSPS) is 14.4. The minimum atomic E-state index is -0.413. The van der Waals surface area contributed by atoms with Gasteiger partial charge in [0.2, 0.25) is 0 Å². The fraction of sp³-hybridized carbons (Fsp3) is 0. The third kappa shape index (κ3) is 13.0. The molecule has 3 heteroatoms. The highest BCUT2D eigenvalue weighted by atomic mass is 32.1. The Labute approximate surface area is 802 Å². The van der Waals surface area contributed by atoms with E-state index in [1.54, 1.807) is 34.0 Å². The molecule has 0 aliphatic rings. The van der Waals surface area contributed by atoms with E-state index in [4.69, 9.17) is 16.4 Å². The Kier molecular flexibility index (Phi) is 13.4. The number of fused-ring (bicyclic) bond motifs is 20. The van der Waals surface area contributed by atoms with Crippen molar-refractivity contribution in [1.82, 2.24) is 0 Å². The van der Waals surface area contributed by atoms with Crippen LogP contribution in [0, 0.1) is 0 Å². The van der Waals surface area contributed by atoms with Crippen molar-refractivity contribution >= 4 is 213 Å². The predicted molar refractivity (Wildman–Crippen MR) is 574 cm³/mol. The van der Waals surface area contributed by atoms with Crippen LogP contribution in [0.25, 0.3) is 268 Å². The summed E-state index contributed by atoms with van der Waals surface area (Å²) >= 11 is 4.99. The van der Waals surface area contributed by atoms with Crippen LogP contribution in [0.1, 0.15) is 32.9 Å². The quantitative estimate of drug-likeness (QED) is 0.133. The van der Waals surface area contributed by atoms with Gasteiger partial charge in [-0.15, -0.1) is 34.0 Å². The highest BCUT2D eigenvalue weighted by Crippen LogP contribution is 2.52. The van der Waals surface area contributed by atoms with Crippen LogP contribution in [0.3, 0.4) is 0 Å². The van der Waals surface area contributed by atoms with Crippen molar-refractivity contribution in [2.24, 2.45) is 0 Å². The van der Waals surface area contributed by atoms with Gasteiger partial charge < -0.3 is 0 Å². The smallest absolute Gasteiger partial charge is 0.0629 e. The van der Waals surface area contributed by atoms with Gasteiger partial charge in [-0.1, -0.05) is 400 Å². The second-order valence-electron chi connectivity index (χ2n) is 32.8. The van der Waals surface area contributed by atoms with Crippen molar-refractivity contribution in [3.05, 3.63) is 473 Å². The predicted octanol–water partition coefficient (Wildman–Crippen LogP) is 38.2. The Morgan fingerprint density at radius 1 is 0.130 bits per heavy atom.